The zero-order valence-electron chi connectivity index (χ0n) is 14.2. The van der Waals surface area contributed by atoms with Crippen molar-refractivity contribution in [3.05, 3.63) is 83.0 Å². The van der Waals surface area contributed by atoms with Crippen molar-refractivity contribution in [1.29, 1.82) is 0 Å². The minimum Gasteiger partial charge on any atom is -0.425 e. The van der Waals surface area contributed by atoms with Crippen molar-refractivity contribution in [2.75, 3.05) is 17.2 Å². The number of pyridine rings is 1. The third kappa shape index (κ3) is 5.02. The lowest BCUT2D eigenvalue weighted by atomic mass is 10.3. The molecule has 0 aliphatic heterocycles. The number of hydrogen-bond donors (Lipinski definition) is 2. The molecule has 2 N–H and O–H groups in total. The van der Waals surface area contributed by atoms with Gasteiger partial charge in [0.15, 0.2) is 5.82 Å². The highest BCUT2D eigenvalue weighted by Gasteiger charge is 2.10. The Hall–Kier alpha value is -3.94. The summed E-state index contributed by atoms with van der Waals surface area (Å²) in [5, 5.41) is 16.8. The van der Waals surface area contributed by atoms with E-state index < -0.39 is 10.9 Å². The van der Waals surface area contributed by atoms with Gasteiger partial charge in [-0.2, -0.15) is 0 Å². The number of anilines is 3. The van der Waals surface area contributed by atoms with Crippen molar-refractivity contribution in [3.63, 3.8) is 0 Å². The van der Waals surface area contributed by atoms with Gasteiger partial charge in [0.05, 0.1) is 10.6 Å². The standard InChI is InChI=1S/C19H16N4O4/c24-18(27-16-10-8-15(9-11-16)23(25)26)13-21-17-7-4-12-20-19(17)22-14-5-2-1-3-6-14/h1-12,21H,13H2,(H,20,22). The Balaban J connectivity index is 1.59. The number of non-ortho nitro benzene ring substituents is 1. The number of hydrogen-bond acceptors (Lipinski definition) is 7. The molecule has 0 spiro atoms. The number of para-hydroxylation sites is 1. The van der Waals surface area contributed by atoms with Gasteiger partial charge in [-0.05, 0) is 36.4 Å². The molecule has 8 nitrogen and oxygen atoms in total. The molecule has 0 unspecified atom stereocenters. The highest BCUT2D eigenvalue weighted by atomic mass is 16.6. The molecule has 0 atom stereocenters. The second kappa shape index (κ2) is 8.43. The van der Waals surface area contributed by atoms with E-state index in [9.17, 15) is 14.9 Å². The summed E-state index contributed by atoms with van der Waals surface area (Å²) in [4.78, 5) is 26.4. The van der Waals surface area contributed by atoms with E-state index in [-0.39, 0.29) is 18.0 Å². The predicted octanol–water partition coefficient (Wildman–Crippen LogP) is 3.75. The van der Waals surface area contributed by atoms with E-state index >= 15 is 0 Å². The van der Waals surface area contributed by atoms with Crippen LogP contribution in [0, 0.1) is 10.1 Å². The van der Waals surface area contributed by atoms with Gasteiger partial charge >= 0.3 is 5.97 Å². The lowest BCUT2D eigenvalue weighted by Gasteiger charge is -2.12. The molecule has 3 aromatic rings. The summed E-state index contributed by atoms with van der Waals surface area (Å²) in [5.41, 5.74) is 1.44. The van der Waals surface area contributed by atoms with Gasteiger partial charge in [-0.15, -0.1) is 0 Å². The number of nitrogens with one attached hydrogen (secondary N) is 2. The zero-order valence-corrected chi connectivity index (χ0v) is 14.2. The van der Waals surface area contributed by atoms with Crippen molar-refractivity contribution in [2.24, 2.45) is 0 Å². The lowest BCUT2D eigenvalue weighted by Crippen LogP contribution is -2.20. The predicted molar refractivity (Wildman–Crippen MR) is 101 cm³/mol. The zero-order chi connectivity index (χ0) is 19.1. The summed E-state index contributed by atoms with van der Waals surface area (Å²) in [6, 6.07) is 18.4. The molecule has 0 saturated carbocycles. The third-order valence-electron chi connectivity index (χ3n) is 3.55. The summed E-state index contributed by atoms with van der Waals surface area (Å²) >= 11 is 0. The van der Waals surface area contributed by atoms with Gasteiger partial charge in [-0.25, -0.2) is 9.78 Å². The second-order valence-electron chi connectivity index (χ2n) is 5.47. The highest BCUT2D eigenvalue weighted by Crippen LogP contribution is 2.22. The molecule has 1 heterocycles. The minimum absolute atomic E-state index is 0.0695. The number of nitrogens with zero attached hydrogens (tertiary/aromatic N) is 2. The topological polar surface area (TPSA) is 106 Å². The van der Waals surface area contributed by atoms with E-state index in [0.29, 0.717) is 11.5 Å². The summed E-state index contributed by atoms with van der Waals surface area (Å²) < 4.78 is 5.16. The van der Waals surface area contributed by atoms with Crippen molar-refractivity contribution < 1.29 is 14.5 Å². The van der Waals surface area contributed by atoms with E-state index in [1.165, 1.54) is 24.3 Å². The van der Waals surface area contributed by atoms with Crippen LogP contribution >= 0.6 is 0 Å². The van der Waals surface area contributed by atoms with Gasteiger partial charge in [0.2, 0.25) is 0 Å². The fraction of sp³-hybridized carbons (Fsp3) is 0.0526. The molecule has 0 radical (unpaired) electrons. The second-order valence-corrected chi connectivity index (χ2v) is 5.47. The fourth-order valence-electron chi connectivity index (χ4n) is 2.28. The van der Waals surface area contributed by atoms with E-state index in [4.69, 9.17) is 4.74 Å². The van der Waals surface area contributed by atoms with Crippen LogP contribution in [0.3, 0.4) is 0 Å². The van der Waals surface area contributed by atoms with Crippen LogP contribution in [0.4, 0.5) is 22.9 Å². The first-order valence-corrected chi connectivity index (χ1v) is 8.08. The van der Waals surface area contributed by atoms with Gasteiger partial charge in [0.1, 0.15) is 12.3 Å². The molecule has 2 aromatic carbocycles. The molecule has 0 saturated heterocycles. The van der Waals surface area contributed by atoms with Crippen molar-refractivity contribution >= 4 is 28.8 Å². The lowest BCUT2D eigenvalue weighted by molar-refractivity contribution is -0.384. The molecule has 0 fully saturated rings. The first-order valence-electron chi connectivity index (χ1n) is 8.08. The maximum Gasteiger partial charge on any atom is 0.330 e. The van der Waals surface area contributed by atoms with Gasteiger partial charge in [-0.3, -0.25) is 10.1 Å². The highest BCUT2D eigenvalue weighted by molar-refractivity contribution is 5.80. The fourth-order valence-corrected chi connectivity index (χ4v) is 2.28. The monoisotopic (exact) mass is 364 g/mol. The maximum atomic E-state index is 12.0. The molecule has 3 rings (SSSR count). The number of rotatable bonds is 7. The summed E-state index contributed by atoms with van der Waals surface area (Å²) in [7, 11) is 0. The molecular formula is C19H16N4O4. The number of benzene rings is 2. The molecule has 136 valence electrons. The number of aromatic nitrogens is 1. The summed E-state index contributed by atoms with van der Waals surface area (Å²) in [5.74, 6) is 0.284. The molecule has 0 aliphatic carbocycles. The SMILES string of the molecule is O=C(CNc1cccnc1Nc1ccccc1)Oc1ccc([N+](=O)[O-])cc1. The number of carbonyl (C=O) groups is 1. The van der Waals surface area contributed by atoms with E-state index in [2.05, 4.69) is 15.6 Å². The maximum absolute atomic E-state index is 12.0. The van der Waals surface area contributed by atoms with Gasteiger partial charge in [-0.1, -0.05) is 18.2 Å². The summed E-state index contributed by atoms with van der Waals surface area (Å²) in [6.45, 7) is -0.0911. The number of nitro benzene ring substituents is 1. The Morgan fingerprint density at radius 1 is 1.04 bits per heavy atom. The minimum atomic E-state index is -0.529. The Kier molecular flexibility index (Phi) is 5.58. The number of esters is 1. The molecule has 0 aliphatic rings. The van der Waals surface area contributed by atoms with Gasteiger partial charge in [0, 0.05) is 24.0 Å². The van der Waals surface area contributed by atoms with Crippen molar-refractivity contribution in [3.8, 4) is 5.75 Å². The molecule has 27 heavy (non-hydrogen) atoms. The first-order chi connectivity index (χ1) is 13.1. The van der Waals surface area contributed by atoms with Crippen LogP contribution in [0.15, 0.2) is 72.9 Å². The van der Waals surface area contributed by atoms with Crippen LogP contribution in [0.5, 0.6) is 5.75 Å². The number of ether oxygens (including phenoxy) is 1. The quantitative estimate of drug-likeness (QED) is 0.284. The first kappa shape index (κ1) is 17.9. The molecule has 8 heteroatoms. The Bertz CT molecular complexity index is 930. The van der Waals surface area contributed by atoms with Crippen molar-refractivity contribution in [2.45, 2.75) is 0 Å². The largest absolute Gasteiger partial charge is 0.425 e. The number of nitro groups is 1. The average Bonchev–Trinajstić information content (AvgIpc) is 2.68. The molecule has 0 amide bonds. The Morgan fingerprint density at radius 3 is 2.48 bits per heavy atom. The molecular weight excluding hydrogens is 348 g/mol. The van der Waals surface area contributed by atoms with Crippen LogP contribution in [-0.2, 0) is 4.79 Å². The van der Waals surface area contributed by atoms with E-state index in [0.717, 1.165) is 5.69 Å². The van der Waals surface area contributed by atoms with E-state index in [1.54, 1.807) is 18.3 Å². The van der Waals surface area contributed by atoms with Crippen LogP contribution in [0.2, 0.25) is 0 Å². The van der Waals surface area contributed by atoms with Gasteiger partial charge < -0.3 is 15.4 Å². The van der Waals surface area contributed by atoms with Crippen LogP contribution in [0.25, 0.3) is 0 Å². The Labute approximate surface area is 155 Å². The van der Waals surface area contributed by atoms with Gasteiger partial charge in [0.25, 0.3) is 5.69 Å². The normalized spacial score (nSPS) is 10.1. The molecule has 0 bridgehead atoms. The van der Waals surface area contributed by atoms with Crippen LogP contribution in [0.1, 0.15) is 0 Å². The average molecular weight is 364 g/mol. The van der Waals surface area contributed by atoms with Crippen LogP contribution < -0.4 is 15.4 Å². The summed E-state index contributed by atoms with van der Waals surface area (Å²) in [6.07, 6.45) is 1.64. The van der Waals surface area contributed by atoms with Crippen LogP contribution in [-0.4, -0.2) is 22.4 Å². The van der Waals surface area contributed by atoms with E-state index in [1.807, 2.05) is 30.3 Å². The third-order valence-corrected chi connectivity index (χ3v) is 3.55. The number of carbonyl (C=O) groups excluding carboxylic acids is 1. The molecule has 1 aromatic heterocycles. The Morgan fingerprint density at radius 2 is 1.78 bits per heavy atom. The van der Waals surface area contributed by atoms with Crippen molar-refractivity contribution in [1.82, 2.24) is 4.98 Å². The smallest absolute Gasteiger partial charge is 0.330 e.